The summed E-state index contributed by atoms with van der Waals surface area (Å²) in [6.07, 6.45) is 9.64. The van der Waals surface area contributed by atoms with Crippen molar-refractivity contribution >= 4 is 0 Å². The molecule has 0 aromatic heterocycles. The second-order valence-corrected chi connectivity index (χ2v) is 4.71. The Morgan fingerprint density at radius 3 is 2.60 bits per heavy atom. The highest BCUT2D eigenvalue weighted by molar-refractivity contribution is 4.78. The van der Waals surface area contributed by atoms with Crippen LogP contribution in [0, 0.1) is 5.92 Å². The third-order valence-corrected chi connectivity index (χ3v) is 3.59. The molecule has 1 aliphatic rings. The molecule has 1 rings (SSSR count). The van der Waals surface area contributed by atoms with E-state index >= 15 is 0 Å². The first kappa shape index (κ1) is 13.0. The highest BCUT2D eigenvalue weighted by Gasteiger charge is 2.21. The van der Waals surface area contributed by atoms with Crippen molar-refractivity contribution < 1.29 is 4.74 Å². The molecule has 1 N–H and O–H groups in total. The topological polar surface area (TPSA) is 21.3 Å². The van der Waals surface area contributed by atoms with Gasteiger partial charge in [-0.2, -0.15) is 0 Å². The number of nitrogens with one attached hydrogen (secondary N) is 1. The van der Waals surface area contributed by atoms with E-state index in [1.807, 2.05) is 0 Å². The molecular weight excluding hydrogens is 186 g/mol. The predicted molar refractivity (Wildman–Crippen MR) is 65.1 cm³/mol. The molecule has 0 aromatic carbocycles. The maximum Gasteiger partial charge on any atom is 0.0474 e. The number of ether oxygens (including phenoxy) is 1. The van der Waals surface area contributed by atoms with Gasteiger partial charge in [0, 0.05) is 19.8 Å². The van der Waals surface area contributed by atoms with Gasteiger partial charge in [-0.25, -0.2) is 0 Å². The summed E-state index contributed by atoms with van der Waals surface area (Å²) in [5, 5.41) is 3.69. The van der Waals surface area contributed by atoms with E-state index in [-0.39, 0.29) is 0 Å². The van der Waals surface area contributed by atoms with Crippen LogP contribution in [0.15, 0.2) is 0 Å². The van der Waals surface area contributed by atoms with E-state index < -0.39 is 0 Å². The fraction of sp³-hybridized carbons (Fsp3) is 1.00. The summed E-state index contributed by atoms with van der Waals surface area (Å²) >= 11 is 0. The van der Waals surface area contributed by atoms with Crippen molar-refractivity contribution in [1.29, 1.82) is 0 Å². The zero-order chi connectivity index (χ0) is 10.9. The van der Waals surface area contributed by atoms with Crippen LogP contribution in [0.25, 0.3) is 0 Å². The maximum atomic E-state index is 5.06. The standard InChI is InChI=1S/C13H27NO/c1-3-13(14-10-7-11-15-2)12-8-5-4-6-9-12/h12-14H,3-11H2,1-2H3. The minimum absolute atomic E-state index is 0.752. The SMILES string of the molecule is CCC(NCCCOC)C1CCCCC1. The first-order valence-electron chi connectivity index (χ1n) is 6.60. The van der Waals surface area contributed by atoms with Crippen molar-refractivity contribution in [2.45, 2.75) is 57.9 Å². The molecule has 90 valence electrons. The molecule has 15 heavy (non-hydrogen) atoms. The molecule has 0 radical (unpaired) electrons. The van der Waals surface area contributed by atoms with Crippen LogP contribution in [-0.4, -0.2) is 26.3 Å². The molecule has 1 saturated carbocycles. The van der Waals surface area contributed by atoms with Gasteiger partial charge in [0.1, 0.15) is 0 Å². The van der Waals surface area contributed by atoms with Crippen molar-refractivity contribution in [2.75, 3.05) is 20.3 Å². The first-order valence-corrected chi connectivity index (χ1v) is 6.60. The minimum atomic E-state index is 0.752. The Hall–Kier alpha value is -0.0800. The maximum absolute atomic E-state index is 5.06. The highest BCUT2D eigenvalue weighted by atomic mass is 16.5. The molecule has 2 nitrogen and oxygen atoms in total. The van der Waals surface area contributed by atoms with Gasteiger partial charge in [-0.1, -0.05) is 26.2 Å². The molecule has 0 amide bonds. The van der Waals surface area contributed by atoms with E-state index in [2.05, 4.69) is 12.2 Å². The lowest BCUT2D eigenvalue weighted by molar-refractivity contribution is 0.188. The largest absolute Gasteiger partial charge is 0.385 e. The van der Waals surface area contributed by atoms with Crippen LogP contribution in [0.1, 0.15) is 51.9 Å². The van der Waals surface area contributed by atoms with Gasteiger partial charge in [0.25, 0.3) is 0 Å². The summed E-state index contributed by atoms with van der Waals surface area (Å²) in [5.74, 6) is 0.936. The molecule has 1 atom stereocenters. The second kappa shape index (κ2) is 8.12. The van der Waals surface area contributed by atoms with Gasteiger partial charge in [0.2, 0.25) is 0 Å². The lowest BCUT2D eigenvalue weighted by Crippen LogP contribution is -2.37. The molecular formula is C13H27NO. The Kier molecular flexibility index (Phi) is 7.03. The van der Waals surface area contributed by atoms with Gasteiger partial charge in [0.05, 0.1) is 0 Å². The van der Waals surface area contributed by atoms with Crippen molar-refractivity contribution in [3.8, 4) is 0 Å². The van der Waals surface area contributed by atoms with Crippen LogP contribution < -0.4 is 5.32 Å². The Morgan fingerprint density at radius 1 is 1.27 bits per heavy atom. The summed E-state index contributed by atoms with van der Waals surface area (Å²) < 4.78 is 5.06. The van der Waals surface area contributed by atoms with Gasteiger partial charge < -0.3 is 10.1 Å². The van der Waals surface area contributed by atoms with Crippen LogP contribution in [0.3, 0.4) is 0 Å². The molecule has 0 aromatic rings. The summed E-state index contributed by atoms with van der Waals surface area (Å²) in [5.41, 5.74) is 0. The lowest BCUT2D eigenvalue weighted by atomic mass is 9.83. The number of hydrogen-bond donors (Lipinski definition) is 1. The minimum Gasteiger partial charge on any atom is -0.385 e. The lowest BCUT2D eigenvalue weighted by Gasteiger charge is -2.30. The average Bonchev–Trinajstić information content (AvgIpc) is 2.30. The van der Waals surface area contributed by atoms with Crippen LogP contribution in [0.2, 0.25) is 0 Å². The van der Waals surface area contributed by atoms with Gasteiger partial charge in [-0.15, -0.1) is 0 Å². The quantitative estimate of drug-likeness (QED) is 0.656. The molecule has 1 unspecified atom stereocenters. The van der Waals surface area contributed by atoms with Gasteiger partial charge >= 0.3 is 0 Å². The molecule has 0 aliphatic heterocycles. The number of methoxy groups -OCH3 is 1. The summed E-state index contributed by atoms with van der Waals surface area (Å²) in [6.45, 7) is 4.31. The van der Waals surface area contributed by atoms with Crippen molar-refractivity contribution in [1.82, 2.24) is 5.32 Å². The van der Waals surface area contributed by atoms with E-state index in [9.17, 15) is 0 Å². The molecule has 0 heterocycles. The molecule has 1 fully saturated rings. The molecule has 0 bridgehead atoms. The monoisotopic (exact) mass is 213 g/mol. The number of hydrogen-bond acceptors (Lipinski definition) is 2. The second-order valence-electron chi connectivity index (χ2n) is 4.71. The third-order valence-electron chi connectivity index (χ3n) is 3.59. The Balaban J connectivity index is 2.15. The zero-order valence-corrected chi connectivity index (χ0v) is 10.4. The average molecular weight is 213 g/mol. The molecule has 0 saturated heterocycles. The zero-order valence-electron chi connectivity index (χ0n) is 10.4. The Morgan fingerprint density at radius 2 is 2.00 bits per heavy atom. The summed E-state index contributed by atoms with van der Waals surface area (Å²) in [6, 6.07) is 0.752. The van der Waals surface area contributed by atoms with Crippen molar-refractivity contribution in [3.63, 3.8) is 0 Å². The molecule has 2 heteroatoms. The van der Waals surface area contributed by atoms with E-state index in [0.29, 0.717) is 0 Å². The van der Waals surface area contributed by atoms with Crippen LogP contribution in [-0.2, 0) is 4.74 Å². The third kappa shape index (κ3) is 4.98. The fourth-order valence-corrected chi connectivity index (χ4v) is 2.68. The summed E-state index contributed by atoms with van der Waals surface area (Å²) in [4.78, 5) is 0. The van der Waals surface area contributed by atoms with Crippen LogP contribution >= 0.6 is 0 Å². The summed E-state index contributed by atoms with van der Waals surface area (Å²) in [7, 11) is 1.78. The van der Waals surface area contributed by atoms with E-state index in [0.717, 1.165) is 31.5 Å². The normalized spacial score (nSPS) is 20.4. The van der Waals surface area contributed by atoms with Gasteiger partial charge in [0.15, 0.2) is 0 Å². The molecule has 0 spiro atoms. The van der Waals surface area contributed by atoms with E-state index in [1.165, 1.54) is 38.5 Å². The van der Waals surface area contributed by atoms with Crippen LogP contribution in [0.4, 0.5) is 0 Å². The fourth-order valence-electron chi connectivity index (χ4n) is 2.68. The number of rotatable bonds is 7. The Bertz CT molecular complexity index is 143. The molecule has 1 aliphatic carbocycles. The smallest absolute Gasteiger partial charge is 0.0474 e. The van der Waals surface area contributed by atoms with Gasteiger partial charge in [-0.3, -0.25) is 0 Å². The van der Waals surface area contributed by atoms with Gasteiger partial charge in [-0.05, 0) is 38.1 Å². The van der Waals surface area contributed by atoms with Crippen molar-refractivity contribution in [3.05, 3.63) is 0 Å². The predicted octanol–water partition coefficient (Wildman–Crippen LogP) is 2.97. The first-order chi connectivity index (χ1) is 7.38. The van der Waals surface area contributed by atoms with Crippen LogP contribution in [0.5, 0.6) is 0 Å². The van der Waals surface area contributed by atoms with E-state index in [1.54, 1.807) is 7.11 Å². The van der Waals surface area contributed by atoms with Crippen molar-refractivity contribution in [2.24, 2.45) is 5.92 Å². The van der Waals surface area contributed by atoms with E-state index in [4.69, 9.17) is 4.74 Å². The highest BCUT2D eigenvalue weighted by Crippen LogP contribution is 2.27. The Labute approximate surface area is 94.8 Å².